The fraction of sp³-hybridized carbons (Fsp3) is 0.846. The molecule has 3 amide bonds. The Hall–Kier alpha value is -1.14. The van der Waals surface area contributed by atoms with Crippen molar-refractivity contribution in [3.63, 3.8) is 0 Å². The van der Waals surface area contributed by atoms with Gasteiger partial charge in [0.1, 0.15) is 0 Å². The molecule has 0 aromatic rings. The monoisotopic (exact) mass is 270 g/mol. The topological polar surface area (TPSA) is 87.5 Å². The normalized spacial score (nSPS) is 20.3. The third-order valence-corrected chi connectivity index (χ3v) is 3.29. The molecule has 4 N–H and O–H groups in total. The Morgan fingerprint density at radius 2 is 2.11 bits per heavy atom. The maximum Gasteiger partial charge on any atom is 0.321 e. The minimum absolute atomic E-state index is 0.247. The molecule has 0 saturated carbocycles. The van der Waals surface area contributed by atoms with E-state index >= 15 is 0 Å². The molecule has 1 atom stereocenters. The second kappa shape index (κ2) is 8.12. The van der Waals surface area contributed by atoms with Gasteiger partial charge in [0.15, 0.2) is 0 Å². The highest BCUT2D eigenvalue weighted by Gasteiger charge is 2.23. The summed E-state index contributed by atoms with van der Waals surface area (Å²) < 4.78 is 0. The number of piperidine rings is 1. The van der Waals surface area contributed by atoms with Crippen LogP contribution in [-0.2, 0) is 4.79 Å². The van der Waals surface area contributed by atoms with Crippen molar-refractivity contribution < 1.29 is 9.59 Å². The number of rotatable bonds is 5. The first-order chi connectivity index (χ1) is 9.02. The van der Waals surface area contributed by atoms with Crippen LogP contribution in [-0.4, -0.2) is 49.1 Å². The number of nitrogens with two attached hydrogens (primary N) is 1. The highest BCUT2D eigenvalue weighted by Crippen LogP contribution is 2.15. The number of imide groups is 1. The van der Waals surface area contributed by atoms with E-state index in [4.69, 9.17) is 5.73 Å². The lowest BCUT2D eigenvalue weighted by molar-refractivity contribution is -0.122. The Morgan fingerprint density at radius 1 is 1.37 bits per heavy atom. The maximum atomic E-state index is 11.8. The van der Waals surface area contributed by atoms with Crippen molar-refractivity contribution >= 4 is 11.9 Å². The van der Waals surface area contributed by atoms with Crippen molar-refractivity contribution in [3.05, 3.63) is 0 Å². The molecule has 1 fully saturated rings. The average molecular weight is 270 g/mol. The molecule has 19 heavy (non-hydrogen) atoms. The van der Waals surface area contributed by atoms with Gasteiger partial charge in [-0.15, -0.1) is 0 Å². The summed E-state index contributed by atoms with van der Waals surface area (Å²) in [5, 5.41) is 5.02. The van der Waals surface area contributed by atoms with Crippen LogP contribution in [0.25, 0.3) is 0 Å². The second-order valence-corrected chi connectivity index (χ2v) is 5.51. The number of hydrogen-bond donors (Lipinski definition) is 3. The van der Waals surface area contributed by atoms with Gasteiger partial charge >= 0.3 is 6.03 Å². The number of amides is 3. The fourth-order valence-corrected chi connectivity index (χ4v) is 2.23. The van der Waals surface area contributed by atoms with Gasteiger partial charge in [-0.25, -0.2) is 4.79 Å². The van der Waals surface area contributed by atoms with Gasteiger partial charge in [-0.3, -0.25) is 15.0 Å². The van der Waals surface area contributed by atoms with Crippen LogP contribution in [0, 0.1) is 5.92 Å². The van der Waals surface area contributed by atoms with E-state index < -0.39 is 6.03 Å². The van der Waals surface area contributed by atoms with E-state index in [1.807, 2.05) is 13.8 Å². The number of likely N-dealkylation sites (tertiary alicyclic amines) is 1. The predicted molar refractivity (Wildman–Crippen MR) is 74.6 cm³/mol. The average Bonchev–Trinajstić information content (AvgIpc) is 2.37. The molecule has 0 spiro atoms. The molecule has 1 aliphatic heterocycles. The molecule has 1 aliphatic rings. The number of carbonyl (C=O) groups is 2. The molecule has 0 radical (unpaired) electrons. The van der Waals surface area contributed by atoms with Gasteiger partial charge in [-0.05, 0) is 25.3 Å². The van der Waals surface area contributed by atoms with E-state index in [0.717, 1.165) is 25.8 Å². The number of nitrogens with one attached hydrogen (secondary N) is 2. The third kappa shape index (κ3) is 6.02. The van der Waals surface area contributed by atoms with Gasteiger partial charge in [-0.2, -0.15) is 0 Å². The molecule has 1 unspecified atom stereocenters. The van der Waals surface area contributed by atoms with Crippen molar-refractivity contribution in [3.8, 4) is 0 Å². The minimum atomic E-state index is -0.417. The molecule has 0 bridgehead atoms. The van der Waals surface area contributed by atoms with Crippen LogP contribution < -0.4 is 16.4 Å². The molecule has 1 rings (SSSR count). The van der Waals surface area contributed by atoms with Crippen LogP contribution in [0.15, 0.2) is 0 Å². The number of hydrogen-bond acceptors (Lipinski definition) is 4. The molecule has 6 nitrogen and oxygen atoms in total. The summed E-state index contributed by atoms with van der Waals surface area (Å²) in [5.74, 6) is 0.103. The first kappa shape index (κ1) is 15.9. The van der Waals surface area contributed by atoms with Crippen LogP contribution in [0.5, 0.6) is 0 Å². The lowest BCUT2D eigenvalue weighted by atomic mass is 10.0. The van der Waals surface area contributed by atoms with E-state index in [2.05, 4.69) is 15.5 Å². The van der Waals surface area contributed by atoms with Gasteiger partial charge in [0.2, 0.25) is 5.91 Å². The Bertz CT molecular complexity index is 307. The van der Waals surface area contributed by atoms with Gasteiger partial charge in [0, 0.05) is 19.1 Å². The lowest BCUT2D eigenvalue weighted by Gasteiger charge is -2.34. The molecule has 110 valence electrons. The van der Waals surface area contributed by atoms with Crippen LogP contribution in [0.2, 0.25) is 0 Å². The first-order valence-corrected chi connectivity index (χ1v) is 7.04. The van der Waals surface area contributed by atoms with E-state index in [1.54, 1.807) is 0 Å². The summed E-state index contributed by atoms with van der Waals surface area (Å²) in [6.45, 7) is 6.25. The SMILES string of the molecule is CC(C)CNC(=O)NC(=O)CN1CCCCC1CN. The van der Waals surface area contributed by atoms with Gasteiger partial charge in [-0.1, -0.05) is 20.3 Å². The third-order valence-electron chi connectivity index (χ3n) is 3.29. The molecular formula is C13H26N4O2. The molecule has 1 saturated heterocycles. The summed E-state index contributed by atoms with van der Waals surface area (Å²) in [6.07, 6.45) is 3.28. The summed E-state index contributed by atoms with van der Waals surface area (Å²) >= 11 is 0. The van der Waals surface area contributed by atoms with E-state index in [-0.39, 0.29) is 18.5 Å². The zero-order chi connectivity index (χ0) is 14.3. The summed E-state index contributed by atoms with van der Waals surface area (Å²) in [6, 6.07) is -0.154. The van der Waals surface area contributed by atoms with E-state index in [1.165, 1.54) is 0 Å². The van der Waals surface area contributed by atoms with Crippen molar-refractivity contribution in [1.82, 2.24) is 15.5 Å². The quantitative estimate of drug-likeness (QED) is 0.669. The van der Waals surface area contributed by atoms with Gasteiger partial charge < -0.3 is 11.1 Å². The molecule has 0 aromatic carbocycles. The van der Waals surface area contributed by atoms with Crippen molar-refractivity contribution in [1.29, 1.82) is 0 Å². The Labute approximate surface area is 115 Å². The largest absolute Gasteiger partial charge is 0.338 e. The van der Waals surface area contributed by atoms with Crippen LogP contribution in [0.1, 0.15) is 33.1 Å². The molecule has 0 aliphatic carbocycles. The smallest absolute Gasteiger partial charge is 0.321 e. The lowest BCUT2D eigenvalue weighted by Crippen LogP contribution is -2.50. The zero-order valence-electron chi connectivity index (χ0n) is 11.9. The molecular weight excluding hydrogens is 244 g/mol. The maximum absolute atomic E-state index is 11.8. The standard InChI is InChI=1S/C13H26N4O2/c1-10(2)8-15-13(19)16-12(18)9-17-6-4-3-5-11(17)7-14/h10-11H,3-9,14H2,1-2H3,(H2,15,16,18,19). The van der Waals surface area contributed by atoms with E-state index in [0.29, 0.717) is 19.0 Å². The van der Waals surface area contributed by atoms with Crippen molar-refractivity contribution in [2.75, 3.05) is 26.2 Å². The summed E-state index contributed by atoms with van der Waals surface area (Å²) in [7, 11) is 0. The van der Waals surface area contributed by atoms with Crippen LogP contribution in [0.3, 0.4) is 0 Å². The van der Waals surface area contributed by atoms with Crippen molar-refractivity contribution in [2.24, 2.45) is 11.7 Å². The number of nitrogens with zero attached hydrogens (tertiary/aromatic N) is 1. The van der Waals surface area contributed by atoms with Crippen LogP contribution >= 0.6 is 0 Å². The minimum Gasteiger partial charge on any atom is -0.338 e. The Morgan fingerprint density at radius 3 is 2.74 bits per heavy atom. The van der Waals surface area contributed by atoms with Crippen LogP contribution in [0.4, 0.5) is 4.79 Å². The Balaban J connectivity index is 2.31. The van der Waals surface area contributed by atoms with Crippen molar-refractivity contribution in [2.45, 2.75) is 39.2 Å². The summed E-state index contributed by atoms with van der Waals surface area (Å²) in [5.41, 5.74) is 5.70. The van der Waals surface area contributed by atoms with E-state index in [9.17, 15) is 9.59 Å². The second-order valence-electron chi connectivity index (χ2n) is 5.51. The molecule has 1 heterocycles. The summed E-state index contributed by atoms with van der Waals surface area (Å²) in [4.78, 5) is 25.3. The highest BCUT2D eigenvalue weighted by atomic mass is 16.2. The van der Waals surface area contributed by atoms with Gasteiger partial charge in [0.25, 0.3) is 0 Å². The first-order valence-electron chi connectivity index (χ1n) is 7.04. The fourth-order valence-electron chi connectivity index (χ4n) is 2.23. The molecule has 6 heteroatoms. The predicted octanol–water partition coefficient (Wildman–Crippen LogP) is 0.281. The highest BCUT2D eigenvalue weighted by molar-refractivity contribution is 5.95. The number of carbonyl (C=O) groups excluding carboxylic acids is 2. The number of urea groups is 1. The Kier molecular flexibility index (Phi) is 6.80. The van der Waals surface area contributed by atoms with Gasteiger partial charge in [0.05, 0.1) is 6.54 Å². The molecule has 0 aromatic heterocycles. The zero-order valence-corrected chi connectivity index (χ0v) is 11.9.